The molecule has 0 fully saturated rings. The molecule has 0 bridgehead atoms. The van der Waals surface area contributed by atoms with Crippen LogP contribution in [0.3, 0.4) is 0 Å². The van der Waals surface area contributed by atoms with E-state index < -0.39 is 6.10 Å². The predicted octanol–water partition coefficient (Wildman–Crippen LogP) is 1.37. The molecule has 0 aliphatic rings. The number of aliphatic hydroxyl groups is 2. The highest BCUT2D eigenvalue weighted by Crippen LogP contribution is 2.01. The molecule has 22 heavy (non-hydrogen) atoms. The lowest BCUT2D eigenvalue weighted by Gasteiger charge is -2.20. The third-order valence-corrected chi connectivity index (χ3v) is 3.01. The van der Waals surface area contributed by atoms with Gasteiger partial charge >= 0.3 is 0 Å². The summed E-state index contributed by atoms with van der Waals surface area (Å²) in [6.07, 6.45) is 1.13. The van der Waals surface area contributed by atoms with Crippen molar-refractivity contribution in [3.05, 3.63) is 0 Å². The van der Waals surface area contributed by atoms with Gasteiger partial charge in [0, 0.05) is 6.61 Å². The van der Waals surface area contributed by atoms with Gasteiger partial charge in [-0.2, -0.15) is 0 Å². The van der Waals surface area contributed by atoms with E-state index in [-0.39, 0.29) is 31.5 Å². The summed E-state index contributed by atoms with van der Waals surface area (Å²) in [4.78, 5) is 0. The highest BCUT2D eigenvalue weighted by molar-refractivity contribution is 4.57. The molecule has 0 aromatic carbocycles. The average molecular weight is 322 g/mol. The monoisotopic (exact) mass is 322 g/mol. The molecule has 0 heterocycles. The van der Waals surface area contributed by atoms with E-state index in [0.29, 0.717) is 26.4 Å². The van der Waals surface area contributed by atoms with E-state index in [0.717, 1.165) is 12.8 Å². The molecular formula is C16H34O6. The van der Waals surface area contributed by atoms with E-state index in [9.17, 15) is 5.11 Å². The maximum atomic E-state index is 9.71. The molecular weight excluding hydrogens is 288 g/mol. The Hall–Kier alpha value is -0.240. The van der Waals surface area contributed by atoms with Gasteiger partial charge < -0.3 is 29.2 Å². The van der Waals surface area contributed by atoms with E-state index in [2.05, 4.69) is 6.92 Å². The van der Waals surface area contributed by atoms with Crippen LogP contribution in [0.5, 0.6) is 0 Å². The van der Waals surface area contributed by atoms with Crippen LogP contribution in [0.4, 0.5) is 0 Å². The largest absolute Gasteiger partial charge is 0.394 e. The minimum absolute atomic E-state index is 0.00441. The molecule has 0 saturated carbocycles. The van der Waals surface area contributed by atoms with Crippen LogP contribution in [0, 0.1) is 0 Å². The molecule has 0 amide bonds. The van der Waals surface area contributed by atoms with Crippen molar-refractivity contribution in [1.29, 1.82) is 0 Å². The van der Waals surface area contributed by atoms with Gasteiger partial charge in [-0.1, -0.05) is 13.3 Å². The van der Waals surface area contributed by atoms with E-state index in [1.54, 1.807) is 0 Å². The average Bonchev–Trinajstić information content (AvgIpc) is 2.52. The Labute approximate surface area is 134 Å². The van der Waals surface area contributed by atoms with Crippen LogP contribution in [-0.4, -0.2) is 74.3 Å². The molecule has 0 aromatic rings. The van der Waals surface area contributed by atoms with Gasteiger partial charge in [0.05, 0.1) is 51.3 Å². The van der Waals surface area contributed by atoms with Gasteiger partial charge in [-0.25, -0.2) is 0 Å². The molecule has 6 nitrogen and oxygen atoms in total. The highest BCUT2D eigenvalue weighted by atomic mass is 16.6. The Balaban J connectivity index is 3.57. The number of hydrogen-bond donors (Lipinski definition) is 2. The lowest BCUT2D eigenvalue weighted by atomic mass is 10.3. The summed E-state index contributed by atoms with van der Waals surface area (Å²) in [6, 6.07) is 0. The number of ether oxygens (including phenoxy) is 4. The third kappa shape index (κ3) is 13.4. The standard InChI is InChI=1S/C16H34O6/c1-5-6-7-19-11-16(18)12-22-15(4)10-21-14(3)9-20-13(2)8-17/h13-18H,5-12H2,1-4H3. The van der Waals surface area contributed by atoms with Gasteiger partial charge in [0.1, 0.15) is 6.10 Å². The summed E-state index contributed by atoms with van der Waals surface area (Å²) in [5, 5.41) is 18.6. The number of aliphatic hydroxyl groups excluding tert-OH is 2. The highest BCUT2D eigenvalue weighted by Gasteiger charge is 2.11. The van der Waals surface area contributed by atoms with Crippen LogP contribution < -0.4 is 0 Å². The first kappa shape index (κ1) is 21.8. The third-order valence-electron chi connectivity index (χ3n) is 3.01. The van der Waals surface area contributed by atoms with E-state index >= 15 is 0 Å². The van der Waals surface area contributed by atoms with Gasteiger partial charge in [-0.3, -0.25) is 0 Å². The van der Waals surface area contributed by atoms with E-state index in [1.165, 1.54) is 0 Å². The van der Waals surface area contributed by atoms with Gasteiger partial charge in [-0.15, -0.1) is 0 Å². The molecule has 0 rings (SSSR count). The first-order chi connectivity index (χ1) is 10.5. The van der Waals surface area contributed by atoms with Gasteiger partial charge in [0.15, 0.2) is 0 Å². The maximum absolute atomic E-state index is 9.71. The fourth-order valence-electron chi connectivity index (χ4n) is 1.54. The smallest absolute Gasteiger partial charge is 0.101 e. The Kier molecular flexibility index (Phi) is 14.2. The molecule has 134 valence electrons. The van der Waals surface area contributed by atoms with Crippen LogP contribution in [0.1, 0.15) is 40.5 Å². The van der Waals surface area contributed by atoms with Crippen molar-refractivity contribution in [2.75, 3.05) is 39.6 Å². The minimum atomic E-state index is -0.606. The fourth-order valence-corrected chi connectivity index (χ4v) is 1.54. The van der Waals surface area contributed by atoms with Gasteiger partial charge in [0.2, 0.25) is 0 Å². The van der Waals surface area contributed by atoms with E-state index in [1.807, 2.05) is 20.8 Å². The van der Waals surface area contributed by atoms with Crippen LogP contribution in [0.15, 0.2) is 0 Å². The maximum Gasteiger partial charge on any atom is 0.101 e. The molecule has 0 spiro atoms. The van der Waals surface area contributed by atoms with Crippen LogP contribution in [-0.2, 0) is 18.9 Å². The quantitative estimate of drug-likeness (QED) is 0.444. The topological polar surface area (TPSA) is 77.4 Å². The molecule has 0 aromatic heterocycles. The molecule has 0 aliphatic carbocycles. The number of hydrogen-bond acceptors (Lipinski definition) is 6. The summed E-state index contributed by atoms with van der Waals surface area (Å²) in [5.74, 6) is 0. The Morgan fingerprint density at radius 2 is 1.36 bits per heavy atom. The second-order valence-corrected chi connectivity index (χ2v) is 5.70. The number of rotatable bonds is 15. The van der Waals surface area contributed by atoms with Gasteiger partial charge in [-0.05, 0) is 27.2 Å². The summed E-state index contributed by atoms with van der Waals surface area (Å²) >= 11 is 0. The SMILES string of the molecule is CCCCOCC(O)COC(C)COC(C)COC(C)CO. The van der Waals surface area contributed by atoms with Crippen LogP contribution >= 0.6 is 0 Å². The zero-order valence-corrected chi connectivity index (χ0v) is 14.5. The van der Waals surface area contributed by atoms with Crippen molar-refractivity contribution in [3.63, 3.8) is 0 Å². The van der Waals surface area contributed by atoms with Crippen molar-refractivity contribution in [1.82, 2.24) is 0 Å². The van der Waals surface area contributed by atoms with Crippen molar-refractivity contribution in [2.45, 2.75) is 65.0 Å². The molecule has 0 radical (unpaired) electrons. The van der Waals surface area contributed by atoms with Crippen molar-refractivity contribution in [3.8, 4) is 0 Å². The molecule has 0 saturated heterocycles. The Bertz CT molecular complexity index is 239. The van der Waals surface area contributed by atoms with Crippen molar-refractivity contribution >= 4 is 0 Å². The Morgan fingerprint density at radius 3 is 1.91 bits per heavy atom. The van der Waals surface area contributed by atoms with Gasteiger partial charge in [0.25, 0.3) is 0 Å². The van der Waals surface area contributed by atoms with Crippen LogP contribution in [0.25, 0.3) is 0 Å². The Morgan fingerprint density at radius 1 is 0.818 bits per heavy atom. The first-order valence-corrected chi connectivity index (χ1v) is 8.21. The van der Waals surface area contributed by atoms with Crippen molar-refractivity contribution < 1.29 is 29.2 Å². The lowest BCUT2D eigenvalue weighted by molar-refractivity contribution is -0.0908. The van der Waals surface area contributed by atoms with Crippen LogP contribution in [0.2, 0.25) is 0 Å². The lowest BCUT2D eigenvalue weighted by Crippen LogP contribution is -2.29. The second kappa shape index (κ2) is 14.4. The minimum Gasteiger partial charge on any atom is -0.394 e. The van der Waals surface area contributed by atoms with E-state index in [4.69, 9.17) is 24.1 Å². The molecule has 6 heteroatoms. The predicted molar refractivity (Wildman–Crippen MR) is 85.1 cm³/mol. The molecule has 0 aliphatic heterocycles. The molecule has 2 N–H and O–H groups in total. The molecule has 4 unspecified atom stereocenters. The summed E-state index contributed by atoms with van der Waals surface area (Å²) < 4.78 is 21.8. The normalized spacial score (nSPS) is 17.2. The molecule has 4 atom stereocenters. The fraction of sp³-hybridized carbons (Fsp3) is 1.00. The zero-order chi connectivity index (χ0) is 16.8. The summed E-state index contributed by atoms with van der Waals surface area (Å²) in [7, 11) is 0. The van der Waals surface area contributed by atoms with Crippen molar-refractivity contribution in [2.24, 2.45) is 0 Å². The number of unbranched alkanes of at least 4 members (excludes halogenated alkanes) is 1. The first-order valence-electron chi connectivity index (χ1n) is 8.21. The zero-order valence-electron chi connectivity index (χ0n) is 14.5. The summed E-state index contributed by atoms with van der Waals surface area (Å²) in [6.45, 7) is 9.80. The summed E-state index contributed by atoms with van der Waals surface area (Å²) in [5.41, 5.74) is 0. The second-order valence-electron chi connectivity index (χ2n) is 5.70.